The van der Waals surface area contributed by atoms with Gasteiger partial charge >= 0.3 is 0 Å². The van der Waals surface area contributed by atoms with E-state index in [1.807, 2.05) is 6.07 Å². The molecule has 2 aliphatic rings. The molecule has 0 spiro atoms. The van der Waals surface area contributed by atoms with Crippen LogP contribution >= 0.6 is 0 Å². The van der Waals surface area contributed by atoms with E-state index in [0.29, 0.717) is 23.7 Å². The summed E-state index contributed by atoms with van der Waals surface area (Å²) >= 11 is 0. The monoisotopic (exact) mass is 274 g/mol. The molecule has 0 saturated heterocycles. The summed E-state index contributed by atoms with van der Waals surface area (Å²) in [4.78, 5) is 12.2. The van der Waals surface area contributed by atoms with Gasteiger partial charge in [-0.15, -0.1) is 0 Å². The normalized spacial score (nSPS) is 22.6. The maximum Gasteiger partial charge on any atom is 0.167 e. The highest BCUT2D eigenvalue weighted by molar-refractivity contribution is 6.24. The first-order chi connectivity index (χ1) is 9.61. The van der Waals surface area contributed by atoms with Crippen LogP contribution in [0.3, 0.4) is 0 Å². The summed E-state index contributed by atoms with van der Waals surface area (Å²) in [6.07, 6.45) is 2.47. The number of ether oxygens (including phenoxy) is 1. The zero-order chi connectivity index (χ0) is 14.3. The Morgan fingerprint density at radius 3 is 2.70 bits per heavy atom. The van der Waals surface area contributed by atoms with Crippen molar-refractivity contribution in [1.82, 2.24) is 0 Å². The summed E-state index contributed by atoms with van der Waals surface area (Å²) in [7, 11) is 1.56. The molecule has 0 amide bonds. The Morgan fingerprint density at radius 2 is 2.05 bits per heavy atom. The van der Waals surface area contributed by atoms with Crippen LogP contribution in [-0.4, -0.2) is 29.7 Å². The second-order valence-corrected chi connectivity index (χ2v) is 5.59. The Morgan fingerprint density at radius 1 is 1.30 bits per heavy atom. The molecule has 4 nitrogen and oxygen atoms in total. The predicted molar refractivity (Wildman–Crippen MR) is 74.6 cm³/mol. The van der Waals surface area contributed by atoms with E-state index in [9.17, 15) is 15.0 Å². The molecule has 0 bridgehead atoms. The molecule has 1 saturated carbocycles. The van der Waals surface area contributed by atoms with E-state index < -0.39 is 0 Å². The van der Waals surface area contributed by atoms with Gasteiger partial charge in [0.25, 0.3) is 0 Å². The van der Waals surface area contributed by atoms with Gasteiger partial charge in [0.05, 0.1) is 12.2 Å². The molecule has 3 rings (SSSR count). The van der Waals surface area contributed by atoms with Crippen molar-refractivity contribution in [1.29, 1.82) is 0 Å². The summed E-state index contributed by atoms with van der Waals surface area (Å²) in [6, 6.07) is 5.09. The van der Waals surface area contributed by atoms with Crippen LogP contribution in [0.2, 0.25) is 0 Å². The number of ketones is 1. The highest BCUT2D eigenvalue weighted by Crippen LogP contribution is 2.46. The summed E-state index contributed by atoms with van der Waals surface area (Å²) in [5.74, 6) is 0.325. The fourth-order valence-corrected chi connectivity index (χ4v) is 2.91. The van der Waals surface area contributed by atoms with Crippen LogP contribution in [-0.2, 0) is 9.53 Å². The number of allylic oxidation sites excluding steroid dienone is 1. The third-order valence-corrected chi connectivity index (χ3v) is 4.04. The number of Topliss-reactive ketones (excluding diaryl/α,β-unsaturated/α-hetero) is 1. The second kappa shape index (κ2) is 4.94. The highest BCUT2D eigenvalue weighted by atomic mass is 16.5. The lowest BCUT2D eigenvalue weighted by atomic mass is 9.95. The van der Waals surface area contributed by atoms with E-state index >= 15 is 0 Å². The molecule has 106 valence electrons. The third-order valence-electron chi connectivity index (χ3n) is 4.04. The van der Waals surface area contributed by atoms with Crippen molar-refractivity contribution in [2.24, 2.45) is 5.92 Å². The van der Waals surface area contributed by atoms with Gasteiger partial charge in [0.1, 0.15) is 11.5 Å². The summed E-state index contributed by atoms with van der Waals surface area (Å²) in [5, 5.41) is 20.0. The van der Waals surface area contributed by atoms with Crippen LogP contribution in [0.1, 0.15) is 36.3 Å². The first kappa shape index (κ1) is 13.2. The van der Waals surface area contributed by atoms with E-state index in [-0.39, 0.29) is 29.6 Å². The van der Waals surface area contributed by atoms with Crippen LogP contribution in [0.15, 0.2) is 24.0 Å². The summed E-state index contributed by atoms with van der Waals surface area (Å²) in [5.41, 5.74) is 2.11. The van der Waals surface area contributed by atoms with Gasteiger partial charge in [0.15, 0.2) is 5.78 Å². The van der Waals surface area contributed by atoms with E-state index in [2.05, 4.69) is 0 Å². The average molecular weight is 274 g/mol. The number of rotatable bonds is 4. The molecule has 1 fully saturated rings. The number of hydrogen-bond acceptors (Lipinski definition) is 4. The van der Waals surface area contributed by atoms with Crippen LogP contribution < -0.4 is 0 Å². The molecule has 20 heavy (non-hydrogen) atoms. The van der Waals surface area contributed by atoms with Crippen LogP contribution in [0.25, 0.3) is 5.57 Å². The molecule has 1 aromatic rings. The van der Waals surface area contributed by atoms with Gasteiger partial charge in [-0.3, -0.25) is 4.79 Å². The molecule has 2 N–H and O–H groups in total. The van der Waals surface area contributed by atoms with Crippen LogP contribution in [0.4, 0.5) is 0 Å². The molecule has 0 radical (unpaired) electrons. The van der Waals surface area contributed by atoms with Crippen molar-refractivity contribution in [2.75, 3.05) is 13.7 Å². The molecule has 1 unspecified atom stereocenters. The highest BCUT2D eigenvalue weighted by Gasteiger charge is 2.36. The molecule has 2 aliphatic carbocycles. The summed E-state index contributed by atoms with van der Waals surface area (Å²) in [6.45, 7) is 0.332. The maximum absolute atomic E-state index is 12.2. The van der Waals surface area contributed by atoms with Crippen molar-refractivity contribution in [2.45, 2.75) is 25.2 Å². The van der Waals surface area contributed by atoms with E-state index in [4.69, 9.17) is 4.74 Å². The molecule has 0 heterocycles. The van der Waals surface area contributed by atoms with Crippen molar-refractivity contribution in [3.63, 3.8) is 0 Å². The second-order valence-electron chi connectivity index (χ2n) is 5.59. The minimum atomic E-state index is -0.267. The van der Waals surface area contributed by atoms with E-state index in [1.54, 1.807) is 19.2 Å². The number of methoxy groups -OCH3 is 1. The largest absolute Gasteiger partial charge is 0.511 e. The molecular formula is C16H18O4. The van der Waals surface area contributed by atoms with E-state index in [1.165, 1.54) is 0 Å². The number of hydrogen-bond donors (Lipinski definition) is 2. The van der Waals surface area contributed by atoms with E-state index in [0.717, 1.165) is 18.4 Å². The van der Waals surface area contributed by atoms with Crippen LogP contribution in [0, 0.1) is 5.92 Å². The van der Waals surface area contributed by atoms with Crippen LogP contribution in [0.5, 0.6) is 5.75 Å². The fourth-order valence-electron chi connectivity index (χ4n) is 2.91. The fraction of sp³-hybridized carbons (Fsp3) is 0.438. The Labute approximate surface area is 117 Å². The SMILES string of the molecule is COCC1CC(=O)C(c2cc(O)ccc2C2CC2)=C1O. The quantitative estimate of drug-likeness (QED) is 0.886. The van der Waals surface area contributed by atoms with Crippen molar-refractivity contribution < 1.29 is 19.7 Å². The first-order valence-corrected chi connectivity index (χ1v) is 6.90. The number of aliphatic hydroxyl groups is 1. The standard InChI is InChI=1S/C16H18O4/c1-20-8-10-6-14(18)15(16(10)19)13-7-11(17)4-5-12(13)9-2-3-9/h4-5,7,9-10,17,19H,2-3,6,8H2,1H3. The molecular weight excluding hydrogens is 256 g/mol. The van der Waals surface area contributed by atoms with Crippen molar-refractivity contribution >= 4 is 11.4 Å². The van der Waals surface area contributed by atoms with Crippen molar-refractivity contribution in [3.8, 4) is 5.75 Å². The summed E-state index contributed by atoms with van der Waals surface area (Å²) < 4.78 is 5.05. The Bertz CT molecular complexity index is 584. The number of carbonyl (C=O) groups is 1. The number of phenols is 1. The number of aromatic hydroxyl groups is 1. The molecule has 0 aromatic heterocycles. The van der Waals surface area contributed by atoms with Gasteiger partial charge in [0, 0.05) is 19.4 Å². The number of benzene rings is 1. The van der Waals surface area contributed by atoms with Gasteiger partial charge in [-0.25, -0.2) is 0 Å². The molecule has 0 aliphatic heterocycles. The minimum Gasteiger partial charge on any atom is -0.511 e. The van der Waals surface area contributed by atoms with Gasteiger partial charge in [-0.1, -0.05) is 6.07 Å². The maximum atomic E-state index is 12.2. The third kappa shape index (κ3) is 2.20. The lowest BCUT2D eigenvalue weighted by Gasteiger charge is -2.11. The van der Waals surface area contributed by atoms with Gasteiger partial charge in [-0.05, 0) is 42.0 Å². The molecule has 1 atom stereocenters. The Hall–Kier alpha value is -1.81. The van der Waals surface area contributed by atoms with Gasteiger partial charge in [0.2, 0.25) is 0 Å². The molecule has 1 aromatic carbocycles. The van der Waals surface area contributed by atoms with Gasteiger partial charge < -0.3 is 14.9 Å². The minimum absolute atomic E-state index is 0.0722. The number of aliphatic hydroxyl groups excluding tert-OH is 1. The smallest absolute Gasteiger partial charge is 0.167 e. The van der Waals surface area contributed by atoms with Crippen molar-refractivity contribution in [3.05, 3.63) is 35.1 Å². The van der Waals surface area contributed by atoms with Gasteiger partial charge in [-0.2, -0.15) is 0 Å². The zero-order valence-electron chi connectivity index (χ0n) is 11.4. The Balaban J connectivity index is 2.07. The molecule has 4 heteroatoms. The lowest BCUT2D eigenvalue weighted by Crippen LogP contribution is -2.07. The zero-order valence-corrected chi connectivity index (χ0v) is 11.4. The predicted octanol–water partition coefficient (Wildman–Crippen LogP) is 2.77. The number of phenolic OH excluding ortho intramolecular Hbond substituents is 1. The lowest BCUT2D eigenvalue weighted by molar-refractivity contribution is -0.114. The average Bonchev–Trinajstić information content (AvgIpc) is 3.19. The topological polar surface area (TPSA) is 66.8 Å². The number of carbonyl (C=O) groups excluding carboxylic acids is 1. The Kier molecular flexibility index (Phi) is 3.26. The first-order valence-electron chi connectivity index (χ1n) is 6.90.